The summed E-state index contributed by atoms with van der Waals surface area (Å²) in [5, 5.41) is 10.0. The maximum Gasteiger partial charge on any atom is 0.243 e. The van der Waals surface area contributed by atoms with Crippen LogP contribution in [0.5, 0.6) is 0 Å². The highest BCUT2D eigenvalue weighted by Crippen LogP contribution is 2.19. The first kappa shape index (κ1) is 12.3. The van der Waals surface area contributed by atoms with Crippen molar-refractivity contribution >= 4 is 17.7 Å². The molecule has 0 aliphatic carbocycles. The summed E-state index contributed by atoms with van der Waals surface area (Å²) in [6, 6.07) is 2.42. The maximum absolute atomic E-state index is 12.0. The molecule has 1 aromatic rings. The van der Waals surface area contributed by atoms with Crippen LogP contribution in [0.1, 0.15) is 11.7 Å². The average molecular weight is 253 g/mol. The highest BCUT2D eigenvalue weighted by Gasteiger charge is 2.29. The van der Waals surface area contributed by atoms with Crippen LogP contribution in [0.15, 0.2) is 24.5 Å². The minimum Gasteiger partial charge on any atom is -0.386 e. The number of aliphatic hydroxyl groups is 1. The summed E-state index contributed by atoms with van der Waals surface area (Å²) in [5.41, 5.74) is 6.42. The molecular formula is C11H15N3O2S. The molecule has 2 rings (SSSR count). The number of pyridine rings is 1. The van der Waals surface area contributed by atoms with Crippen LogP contribution < -0.4 is 5.73 Å². The van der Waals surface area contributed by atoms with E-state index in [2.05, 4.69) is 4.98 Å². The number of nitrogens with two attached hydrogens (primary N) is 1. The van der Waals surface area contributed by atoms with Gasteiger partial charge in [-0.25, -0.2) is 0 Å². The number of carbonyl (C=O) groups is 1. The van der Waals surface area contributed by atoms with E-state index in [1.54, 1.807) is 41.2 Å². The molecule has 5 nitrogen and oxygen atoms in total. The molecule has 17 heavy (non-hydrogen) atoms. The Kier molecular flexibility index (Phi) is 3.98. The van der Waals surface area contributed by atoms with Gasteiger partial charge in [0.2, 0.25) is 5.91 Å². The quantitative estimate of drug-likeness (QED) is 0.791. The molecule has 1 saturated heterocycles. The molecule has 0 bridgehead atoms. The van der Waals surface area contributed by atoms with Gasteiger partial charge in [-0.05, 0) is 17.7 Å². The zero-order valence-electron chi connectivity index (χ0n) is 9.32. The van der Waals surface area contributed by atoms with Gasteiger partial charge in [-0.1, -0.05) is 0 Å². The number of carbonyl (C=O) groups excluding carboxylic acids is 1. The van der Waals surface area contributed by atoms with Crippen LogP contribution in [0, 0.1) is 0 Å². The fourth-order valence-electron chi connectivity index (χ4n) is 1.70. The molecule has 3 N–H and O–H groups in total. The lowest BCUT2D eigenvalue weighted by atomic mass is 10.0. The Bertz CT molecular complexity index is 382. The SMILES string of the molecule is N[C@@H](C(=O)N1CCSC1)[C@@H](O)c1ccncc1. The number of thioether (sulfide) groups is 1. The third-order valence-corrected chi connectivity index (χ3v) is 3.70. The van der Waals surface area contributed by atoms with Gasteiger partial charge in [0.25, 0.3) is 0 Å². The molecule has 0 aromatic carbocycles. The van der Waals surface area contributed by atoms with Gasteiger partial charge >= 0.3 is 0 Å². The predicted octanol–water partition coefficient (Wildman–Crippen LogP) is -0.0248. The number of rotatable bonds is 3. The van der Waals surface area contributed by atoms with Crippen LogP contribution in [-0.2, 0) is 4.79 Å². The van der Waals surface area contributed by atoms with E-state index in [-0.39, 0.29) is 5.91 Å². The van der Waals surface area contributed by atoms with E-state index in [1.165, 1.54) is 0 Å². The molecule has 1 aromatic heterocycles. The standard InChI is InChI=1S/C11H15N3O2S/c12-9(11(16)14-5-6-17-7-14)10(15)8-1-3-13-4-2-8/h1-4,9-10,15H,5-7,12H2/t9-,10+/m1/s1. The highest BCUT2D eigenvalue weighted by molar-refractivity contribution is 7.99. The number of aromatic nitrogens is 1. The fourth-order valence-corrected chi connectivity index (χ4v) is 2.66. The minimum absolute atomic E-state index is 0.195. The van der Waals surface area contributed by atoms with Crippen molar-refractivity contribution in [3.05, 3.63) is 30.1 Å². The molecule has 1 fully saturated rings. The number of nitrogens with zero attached hydrogens (tertiary/aromatic N) is 2. The number of amides is 1. The van der Waals surface area contributed by atoms with E-state index in [1.807, 2.05) is 0 Å². The van der Waals surface area contributed by atoms with Crippen molar-refractivity contribution in [2.75, 3.05) is 18.2 Å². The molecule has 0 saturated carbocycles. The third-order valence-electron chi connectivity index (χ3n) is 2.74. The number of hydrogen-bond acceptors (Lipinski definition) is 5. The van der Waals surface area contributed by atoms with Gasteiger partial charge in [0.1, 0.15) is 12.1 Å². The first-order valence-corrected chi connectivity index (χ1v) is 6.55. The van der Waals surface area contributed by atoms with Gasteiger partial charge in [0.15, 0.2) is 0 Å². The Balaban J connectivity index is 2.04. The van der Waals surface area contributed by atoms with Crippen LogP contribution in [0.3, 0.4) is 0 Å². The van der Waals surface area contributed by atoms with E-state index in [0.717, 1.165) is 5.75 Å². The smallest absolute Gasteiger partial charge is 0.243 e. The molecular weight excluding hydrogens is 238 g/mol. The van der Waals surface area contributed by atoms with Gasteiger partial charge in [-0.3, -0.25) is 9.78 Å². The first-order valence-electron chi connectivity index (χ1n) is 5.40. The van der Waals surface area contributed by atoms with Crippen LogP contribution in [0.25, 0.3) is 0 Å². The molecule has 0 unspecified atom stereocenters. The summed E-state index contributed by atoms with van der Waals surface area (Å²) in [7, 11) is 0. The third kappa shape index (κ3) is 2.77. The van der Waals surface area contributed by atoms with Gasteiger partial charge in [-0.15, -0.1) is 11.8 Å². The molecule has 2 heterocycles. The van der Waals surface area contributed by atoms with Crippen molar-refractivity contribution in [2.45, 2.75) is 12.1 Å². The highest BCUT2D eigenvalue weighted by atomic mass is 32.2. The summed E-state index contributed by atoms with van der Waals surface area (Å²) in [5.74, 6) is 1.40. The summed E-state index contributed by atoms with van der Waals surface area (Å²) in [4.78, 5) is 17.5. The molecule has 0 radical (unpaired) electrons. The van der Waals surface area contributed by atoms with Crippen molar-refractivity contribution in [1.29, 1.82) is 0 Å². The predicted molar refractivity (Wildman–Crippen MR) is 66.2 cm³/mol. The Morgan fingerprint density at radius 3 is 2.82 bits per heavy atom. The molecule has 1 aliphatic rings. The molecule has 1 amide bonds. The normalized spacial score (nSPS) is 19.1. The molecule has 1 aliphatic heterocycles. The van der Waals surface area contributed by atoms with Gasteiger partial charge in [-0.2, -0.15) is 0 Å². The van der Waals surface area contributed by atoms with Crippen molar-refractivity contribution in [3.63, 3.8) is 0 Å². The maximum atomic E-state index is 12.0. The van der Waals surface area contributed by atoms with Gasteiger partial charge in [0, 0.05) is 24.7 Å². The lowest BCUT2D eigenvalue weighted by molar-refractivity contribution is -0.133. The van der Waals surface area contributed by atoms with Crippen molar-refractivity contribution in [2.24, 2.45) is 5.73 Å². The van der Waals surface area contributed by atoms with Crippen molar-refractivity contribution < 1.29 is 9.90 Å². The van der Waals surface area contributed by atoms with Crippen LogP contribution in [0.4, 0.5) is 0 Å². The fraction of sp³-hybridized carbons (Fsp3) is 0.455. The summed E-state index contributed by atoms with van der Waals surface area (Å²) in [6.07, 6.45) is 2.17. The second-order valence-corrected chi connectivity index (χ2v) is 4.96. The molecule has 92 valence electrons. The van der Waals surface area contributed by atoms with Gasteiger partial charge < -0.3 is 15.7 Å². The van der Waals surface area contributed by atoms with Crippen LogP contribution >= 0.6 is 11.8 Å². The van der Waals surface area contributed by atoms with E-state index in [9.17, 15) is 9.90 Å². The second-order valence-electron chi connectivity index (χ2n) is 3.89. The first-order chi connectivity index (χ1) is 8.20. The summed E-state index contributed by atoms with van der Waals surface area (Å²) < 4.78 is 0. The lowest BCUT2D eigenvalue weighted by Crippen LogP contribution is -2.45. The minimum atomic E-state index is -0.976. The zero-order chi connectivity index (χ0) is 12.3. The van der Waals surface area contributed by atoms with E-state index < -0.39 is 12.1 Å². The van der Waals surface area contributed by atoms with Gasteiger partial charge in [0.05, 0.1) is 5.88 Å². The topological polar surface area (TPSA) is 79.5 Å². The lowest BCUT2D eigenvalue weighted by Gasteiger charge is -2.23. The average Bonchev–Trinajstić information content (AvgIpc) is 2.91. The van der Waals surface area contributed by atoms with Crippen LogP contribution in [-0.4, -0.2) is 45.1 Å². The molecule has 6 heteroatoms. The summed E-state index contributed by atoms with van der Waals surface area (Å²) >= 11 is 1.69. The monoisotopic (exact) mass is 253 g/mol. The van der Waals surface area contributed by atoms with Crippen molar-refractivity contribution in [3.8, 4) is 0 Å². The second kappa shape index (κ2) is 5.48. The van der Waals surface area contributed by atoms with Crippen molar-refractivity contribution in [1.82, 2.24) is 9.88 Å². The number of hydrogen-bond donors (Lipinski definition) is 2. The van der Waals surface area contributed by atoms with E-state index in [0.29, 0.717) is 18.0 Å². The number of aliphatic hydroxyl groups excluding tert-OH is 1. The Labute approximate surface area is 104 Å². The zero-order valence-corrected chi connectivity index (χ0v) is 10.1. The largest absolute Gasteiger partial charge is 0.386 e. The van der Waals surface area contributed by atoms with Crippen LogP contribution in [0.2, 0.25) is 0 Å². The van der Waals surface area contributed by atoms with E-state index in [4.69, 9.17) is 5.73 Å². The molecule has 0 spiro atoms. The Hall–Kier alpha value is -1.11. The molecule has 2 atom stereocenters. The van der Waals surface area contributed by atoms with E-state index >= 15 is 0 Å². The Morgan fingerprint density at radius 2 is 2.24 bits per heavy atom. The summed E-state index contributed by atoms with van der Waals surface area (Å²) in [6.45, 7) is 0.709. The Morgan fingerprint density at radius 1 is 1.53 bits per heavy atom.